The Bertz CT molecular complexity index is 991. The van der Waals surface area contributed by atoms with E-state index < -0.39 is 0 Å². The van der Waals surface area contributed by atoms with E-state index in [-0.39, 0.29) is 0 Å². The van der Waals surface area contributed by atoms with Crippen molar-refractivity contribution in [1.29, 1.82) is 5.26 Å². The van der Waals surface area contributed by atoms with Crippen molar-refractivity contribution < 1.29 is 4.42 Å². The van der Waals surface area contributed by atoms with E-state index in [0.29, 0.717) is 5.76 Å². The second kappa shape index (κ2) is 4.50. The first-order valence-corrected chi connectivity index (χ1v) is 6.78. The van der Waals surface area contributed by atoms with Crippen LogP contribution in [0.1, 0.15) is 5.76 Å². The van der Waals surface area contributed by atoms with Gasteiger partial charge in [-0.3, -0.25) is 0 Å². The van der Waals surface area contributed by atoms with Crippen LogP contribution in [0.5, 0.6) is 0 Å². The Morgan fingerprint density at radius 2 is 1.57 bits per heavy atom. The number of nitrogens with zero attached hydrogens (tertiary/aromatic N) is 1. The lowest BCUT2D eigenvalue weighted by molar-refractivity contribution is 0.601. The molecule has 0 unspecified atom stereocenters. The van der Waals surface area contributed by atoms with Crippen molar-refractivity contribution in [3.05, 3.63) is 72.5 Å². The molecule has 0 aliphatic rings. The van der Waals surface area contributed by atoms with Gasteiger partial charge in [0.25, 0.3) is 0 Å². The van der Waals surface area contributed by atoms with Gasteiger partial charge in [-0.1, -0.05) is 60.7 Å². The van der Waals surface area contributed by atoms with Crippen LogP contribution in [0.15, 0.2) is 71.1 Å². The Morgan fingerprint density at radius 3 is 2.38 bits per heavy atom. The highest BCUT2D eigenvalue weighted by Crippen LogP contribution is 2.38. The topological polar surface area (TPSA) is 36.9 Å². The summed E-state index contributed by atoms with van der Waals surface area (Å²) in [6, 6.07) is 24.2. The predicted octanol–water partition coefficient (Wildman–Crippen LogP) is 5.12. The van der Waals surface area contributed by atoms with Gasteiger partial charge in [0.05, 0.1) is 0 Å². The van der Waals surface area contributed by atoms with Crippen molar-refractivity contribution in [2.75, 3.05) is 0 Å². The minimum absolute atomic E-state index is 0.368. The molecule has 2 nitrogen and oxygen atoms in total. The first-order chi connectivity index (χ1) is 10.4. The minimum Gasteiger partial charge on any atom is -0.445 e. The maximum atomic E-state index is 9.41. The van der Waals surface area contributed by atoms with Crippen molar-refractivity contribution in [3.8, 4) is 17.2 Å². The number of fused-ring (bicyclic) bond motifs is 3. The van der Waals surface area contributed by atoms with E-state index in [0.717, 1.165) is 32.9 Å². The summed E-state index contributed by atoms with van der Waals surface area (Å²) in [4.78, 5) is 0. The van der Waals surface area contributed by atoms with Crippen molar-refractivity contribution in [3.63, 3.8) is 0 Å². The third-order valence-electron chi connectivity index (χ3n) is 3.74. The molecule has 3 aromatic carbocycles. The number of benzene rings is 3. The van der Waals surface area contributed by atoms with E-state index in [2.05, 4.69) is 18.2 Å². The molecule has 0 saturated heterocycles. The van der Waals surface area contributed by atoms with Crippen LogP contribution in [-0.2, 0) is 0 Å². The van der Waals surface area contributed by atoms with Gasteiger partial charge in [0.1, 0.15) is 11.7 Å². The highest BCUT2D eigenvalue weighted by atomic mass is 16.3. The molecule has 0 atom stereocenters. The largest absolute Gasteiger partial charge is 0.445 e. The summed E-state index contributed by atoms with van der Waals surface area (Å²) in [7, 11) is 0. The summed E-state index contributed by atoms with van der Waals surface area (Å²) in [6.07, 6.45) is 0. The molecule has 0 radical (unpaired) electrons. The SMILES string of the molecule is N#Cc1oc2ccc3ccccc3c2c1-c1ccccc1. The van der Waals surface area contributed by atoms with Gasteiger partial charge in [-0.15, -0.1) is 0 Å². The van der Waals surface area contributed by atoms with E-state index in [1.54, 1.807) is 0 Å². The molecule has 4 aromatic rings. The van der Waals surface area contributed by atoms with Crippen LogP contribution >= 0.6 is 0 Å². The molecule has 98 valence electrons. The lowest BCUT2D eigenvalue weighted by atomic mass is 9.98. The molecule has 2 heteroatoms. The zero-order valence-corrected chi connectivity index (χ0v) is 11.2. The Morgan fingerprint density at radius 1 is 0.810 bits per heavy atom. The second-order valence-electron chi connectivity index (χ2n) is 4.94. The maximum Gasteiger partial charge on any atom is 0.212 e. The highest BCUT2D eigenvalue weighted by molar-refractivity contribution is 6.13. The minimum atomic E-state index is 0.368. The number of hydrogen-bond acceptors (Lipinski definition) is 2. The third-order valence-corrected chi connectivity index (χ3v) is 3.74. The zero-order chi connectivity index (χ0) is 14.2. The molecule has 0 N–H and O–H groups in total. The molecule has 4 rings (SSSR count). The van der Waals surface area contributed by atoms with Gasteiger partial charge in [0, 0.05) is 10.9 Å². The summed E-state index contributed by atoms with van der Waals surface area (Å²) in [5.41, 5.74) is 2.64. The molecule has 0 aliphatic carbocycles. The Balaban J connectivity index is 2.22. The van der Waals surface area contributed by atoms with Crippen LogP contribution in [0.3, 0.4) is 0 Å². The van der Waals surface area contributed by atoms with Crippen LogP contribution < -0.4 is 0 Å². The van der Waals surface area contributed by atoms with Gasteiger partial charge in [-0.05, 0) is 22.4 Å². The van der Waals surface area contributed by atoms with Gasteiger partial charge in [-0.25, -0.2) is 0 Å². The molecule has 0 amide bonds. The first kappa shape index (κ1) is 11.7. The summed E-state index contributed by atoms with van der Waals surface area (Å²) in [6.45, 7) is 0. The molecule has 0 aliphatic heterocycles. The van der Waals surface area contributed by atoms with E-state index in [1.165, 1.54) is 0 Å². The number of rotatable bonds is 1. The Hall–Kier alpha value is -3.05. The molecular weight excluding hydrogens is 258 g/mol. The van der Waals surface area contributed by atoms with E-state index in [4.69, 9.17) is 4.42 Å². The standard InChI is InChI=1S/C19H11NO/c20-12-17-18(14-7-2-1-3-8-14)19-15-9-5-4-6-13(15)10-11-16(19)21-17/h1-11H. The number of furan rings is 1. The summed E-state index contributed by atoms with van der Waals surface area (Å²) in [5.74, 6) is 0.368. The summed E-state index contributed by atoms with van der Waals surface area (Å²) < 4.78 is 5.75. The smallest absolute Gasteiger partial charge is 0.212 e. The molecule has 0 fully saturated rings. The number of hydrogen-bond donors (Lipinski definition) is 0. The maximum absolute atomic E-state index is 9.41. The molecule has 1 heterocycles. The normalized spacial score (nSPS) is 10.8. The average molecular weight is 269 g/mol. The zero-order valence-electron chi connectivity index (χ0n) is 11.2. The van der Waals surface area contributed by atoms with Crippen molar-refractivity contribution in [2.24, 2.45) is 0 Å². The number of nitriles is 1. The van der Waals surface area contributed by atoms with Crippen LogP contribution in [0, 0.1) is 11.3 Å². The summed E-state index contributed by atoms with van der Waals surface area (Å²) in [5, 5.41) is 12.7. The molecule has 0 bridgehead atoms. The van der Waals surface area contributed by atoms with Gasteiger partial charge >= 0.3 is 0 Å². The Kier molecular flexibility index (Phi) is 2.52. The van der Waals surface area contributed by atoms with Crippen LogP contribution in [0.25, 0.3) is 32.9 Å². The quantitative estimate of drug-likeness (QED) is 0.480. The lowest BCUT2D eigenvalue weighted by Crippen LogP contribution is -1.80. The van der Waals surface area contributed by atoms with Crippen LogP contribution in [0.2, 0.25) is 0 Å². The fraction of sp³-hybridized carbons (Fsp3) is 0. The van der Waals surface area contributed by atoms with Crippen molar-refractivity contribution in [1.82, 2.24) is 0 Å². The fourth-order valence-corrected chi connectivity index (χ4v) is 2.83. The Labute approximate surface area is 121 Å². The summed E-state index contributed by atoms with van der Waals surface area (Å²) >= 11 is 0. The molecule has 0 spiro atoms. The fourth-order valence-electron chi connectivity index (χ4n) is 2.83. The molecule has 21 heavy (non-hydrogen) atoms. The molecule has 1 aromatic heterocycles. The third kappa shape index (κ3) is 1.72. The van der Waals surface area contributed by atoms with Crippen molar-refractivity contribution in [2.45, 2.75) is 0 Å². The van der Waals surface area contributed by atoms with Crippen LogP contribution in [-0.4, -0.2) is 0 Å². The molecular formula is C19H11NO. The highest BCUT2D eigenvalue weighted by Gasteiger charge is 2.17. The monoisotopic (exact) mass is 269 g/mol. The van der Waals surface area contributed by atoms with Crippen LogP contribution in [0.4, 0.5) is 0 Å². The van der Waals surface area contributed by atoms with Gasteiger partial charge in [0.2, 0.25) is 5.76 Å². The second-order valence-corrected chi connectivity index (χ2v) is 4.94. The van der Waals surface area contributed by atoms with Crippen molar-refractivity contribution >= 4 is 21.7 Å². The average Bonchev–Trinajstić information content (AvgIpc) is 2.94. The van der Waals surface area contributed by atoms with E-state index in [9.17, 15) is 5.26 Å². The van der Waals surface area contributed by atoms with Gasteiger partial charge in [0.15, 0.2) is 0 Å². The van der Waals surface area contributed by atoms with E-state index >= 15 is 0 Å². The first-order valence-electron chi connectivity index (χ1n) is 6.78. The molecule has 0 saturated carbocycles. The van der Waals surface area contributed by atoms with Gasteiger partial charge < -0.3 is 4.42 Å². The van der Waals surface area contributed by atoms with E-state index in [1.807, 2.05) is 54.6 Å². The predicted molar refractivity (Wildman–Crippen MR) is 83.9 cm³/mol. The lowest BCUT2D eigenvalue weighted by Gasteiger charge is -2.02. The van der Waals surface area contributed by atoms with Gasteiger partial charge in [-0.2, -0.15) is 5.26 Å².